The molecule has 0 atom stereocenters. The van der Waals surface area contributed by atoms with Crippen LogP contribution in [0.25, 0.3) is 0 Å². The van der Waals surface area contributed by atoms with Crippen LogP contribution in [0.3, 0.4) is 0 Å². The molecule has 0 heterocycles. The van der Waals surface area contributed by atoms with Gasteiger partial charge in [0.2, 0.25) is 0 Å². The van der Waals surface area contributed by atoms with Crippen molar-refractivity contribution < 1.29 is 14.6 Å². The van der Waals surface area contributed by atoms with E-state index in [1.165, 1.54) is 0 Å². The molecule has 78 valence electrons. The molecule has 0 radical (unpaired) electrons. The third-order valence-electron chi connectivity index (χ3n) is 2.27. The van der Waals surface area contributed by atoms with Gasteiger partial charge >= 0.3 is 0 Å². The van der Waals surface area contributed by atoms with E-state index < -0.39 is 5.60 Å². The summed E-state index contributed by atoms with van der Waals surface area (Å²) in [5, 5.41) is 9.77. The van der Waals surface area contributed by atoms with Crippen LogP contribution in [0.1, 0.15) is 40.0 Å². The molecule has 3 nitrogen and oxygen atoms in total. The fourth-order valence-corrected chi connectivity index (χ4v) is 1.09. The molecule has 0 saturated heterocycles. The van der Waals surface area contributed by atoms with Gasteiger partial charge in [-0.15, -0.1) is 0 Å². The van der Waals surface area contributed by atoms with Crippen molar-refractivity contribution in [1.82, 2.24) is 0 Å². The molecule has 0 aromatic rings. The van der Waals surface area contributed by atoms with Crippen LogP contribution in [-0.2, 0) is 9.53 Å². The van der Waals surface area contributed by atoms with Crippen LogP contribution >= 0.6 is 0 Å². The van der Waals surface area contributed by atoms with Gasteiger partial charge in [0.1, 0.15) is 12.2 Å². The summed E-state index contributed by atoms with van der Waals surface area (Å²) in [6.45, 7) is 6.21. The zero-order chi connectivity index (χ0) is 10.3. The van der Waals surface area contributed by atoms with Gasteiger partial charge in [-0.2, -0.15) is 0 Å². The molecule has 0 aliphatic carbocycles. The number of hydrogen-bond acceptors (Lipinski definition) is 3. The Balaban J connectivity index is 3.92. The van der Waals surface area contributed by atoms with Crippen LogP contribution in [0.5, 0.6) is 0 Å². The molecular weight excluding hydrogens is 168 g/mol. The Morgan fingerprint density at radius 1 is 1.31 bits per heavy atom. The Morgan fingerprint density at radius 3 is 2.23 bits per heavy atom. The van der Waals surface area contributed by atoms with E-state index in [9.17, 15) is 9.90 Å². The van der Waals surface area contributed by atoms with Gasteiger partial charge in [0, 0.05) is 6.61 Å². The van der Waals surface area contributed by atoms with Crippen LogP contribution < -0.4 is 0 Å². The van der Waals surface area contributed by atoms with E-state index in [1.807, 2.05) is 6.92 Å². The first-order valence-corrected chi connectivity index (χ1v) is 4.94. The molecule has 13 heavy (non-hydrogen) atoms. The maximum absolute atomic E-state index is 11.4. The molecule has 0 fully saturated rings. The monoisotopic (exact) mass is 188 g/mol. The Labute approximate surface area is 80.1 Å². The standard InChI is InChI=1S/C10H20O3/c1-4-7-13-8-9(11)10(12,5-2)6-3/h12H,4-8H2,1-3H3. The Kier molecular flexibility index (Phi) is 5.91. The molecule has 3 heteroatoms. The summed E-state index contributed by atoms with van der Waals surface area (Å²) in [5.41, 5.74) is -1.17. The topological polar surface area (TPSA) is 46.5 Å². The van der Waals surface area contributed by atoms with Crippen molar-refractivity contribution >= 4 is 5.78 Å². The van der Waals surface area contributed by atoms with E-state index in [1.54, 1.807) is 13.8 Å². The first kappa shape index (κ1) is 12.6. The van der Waals surface area contributed by atoms with Crippen LogP contribution in [-0.4, -0.2) is 29.7 Å². The quantitative estimate of drug-likeness (QED) is 0.616. The molecule has 0 aliphatic rings. The molecule has 0 bridgehead atoms. The maximum Gasteiger partial charge on any atom is 0.189 e. The Bertz CT molecular complexity index is 150. The van der Waals surface area contributed by atoms with Crippen molar-refractivity contribution in [3.63, 3.8) is 0 Å². The van der Waals surface area contributed by atoms with Gasteiger partial charge < -0.3 is 9.84 Å². The summed E-state index contributed by atoms with van der Waals surface area (Å²) in [7, 11) is 0. The maximum atomic E-state index is 11.4. The molecule has 0 aromatic carbocycles. The van der Waals surface area contributed by atoms with E-state index >= 15 is 0 Å². The lowest BCUT2D eigenvalue weighted by Crippen LogP contribution is -2.39. The first-order chi connectivity index (χ1) is 6.10. The number of Topliss-reactive ketones (excluding diaryl/α,β-unsaturated/α-hetero) is 1. The zero-order valence-electron chi connectivity index (χ0n) is 8.80. The third-order valence-corrected chi connectivity index (χ3v) is 2.27. The van der Waals surface area contributed by atoms with Gasteiger partial charge in [-0.1, -0.05) is 20.8 Å². The van der Waals surface area contributed by atoms with Gasteiger partial charge in [-0.05, 0) is 19.3 Å². The van der Waals surface area contributed by atoms with E-state index in [4.69, 9.17) is 4.74 Å². The average molecular weight is 188 g/mol. The summed E-state index contributed by atoms with van der Waals surface area (Å²) in [6, 6.07) is 0. The summed E-state index contributed by atoms with van der Waals surface area (Å²) >= 11 is 0. The van der Waals surface area contributed by atoms with E-state index in [2.05, 4.69) is 0 Å². The van der Waals surface area contributed by atoms with Crippen molar-refractivity contribution in [3.05, 3.63) is 0 Å². The highest BCUT2D eigenvalue weighted by molar-refractivity contribution is 5.88. The molecule has 0 spiro atoms. The fourth-order valence-electron chi connectivity index (χ4n) is 1.09. The largest absolute Gasteiger partial charge is 0.382 e. The van der Waals surface area contributed by atoms with Crippen molar-refractivity contribution in [2.45, 2.75) is 45.6 Å². The highest BCUT2D eigenvalue weighted by Crippen LogP contribution is 2.15. The summed E-state index contributed by atoms with van der Waals surface area (Å²) < 4.78 is 5.08. The number of rotatable bonds is 7. The van der Waals surface area contributed by atoms with Gasteiger partial charge in [0.25, 0.3) is 0 Å². The lowest BCUT2D eigenvalue weighted by molar-refractivity contribution is -0.142. The molecule has 0 amide bonds. The second-order valence-electron chi connectivity index (χ2n) is 3.21. The van der Waals surface area contributed by atoms with Crippen molar-refractivity contribution in [1.29, 1.82) is 0 Å². The number of carbonyl (C=O) groups excluding carboxylic acids is 1. The van der Waals surface area contributed by atoms with Crippen molar-refractivity contribution in [2.75, 3.05) is 13.2 Å². The SMILES string of the molecule is CCCOCC(=O)C(O)(CC)CC. The fraction of sp³-hybridized carbons (Fsp3) is 0.900. The minimum absolute atomic E-state index is 0.0337. The van der Waals surface area contributed by atoms with Crippen LogP contribution in [0.4, 0.5) is 0 Å². The minimum atomic E-state index is -1.17. The van der Waals surface area contributed by atoms with Gasteiger partial charge in [-0.25, -0.2) is 0 Å². The molecular formula is C10H20O3. The normalized spacial score (nSPS) is 11.7. The summed E-state index contributed by atoms with van der Waals surface area (Å²) in [6.07, 6.45) is 1.81. The number of carbonyl (C=O) groups is 1. The highest BCUT2D eigenvalue weighted by Gasteiger charge is 2.31. The van der Waals surface area contributed by atoms with Crippen LogP contribution in [0, 0.1) is 0 Å². The zero-order valence-corrected chi connectivity index (χ0v) is 8.80. The number of hydrogen-bond donors (Lipinski definition) is 1. The smallest absolute Gasteiger partial charge is 0.189 e. The van der Waals surface area contributed by atoms with Crippen molar-refractivity contribution in [2.24, 2.45) is 0 Å². The Hall–Kier alpha value is -0.410. The molecule has 0 unspecified atom stereocenters. The van der Waals surface area contributed by atoms with Crippen LogP contribution in [0.2, 0.25) is 0 Å². The molecule has 0 saturated carbocycles. The van der Waals surface area contributed by atoms with E-state index in [-0.39, 0.29) is 12.4 Å². The molecule has 1 N–H and O–H groups in total. The van der Waals surface area contributed by atoms with Crippen LogP contribution in [0.15, 0.2) is 0 Å². The average Bonchev–Trinajstić information content (AvgIpc) is 2.17. The summed E-state index contributed by atoms with van der Waals surface area (Å²) in [5.74, 6) is -0.203. The lowest BCUT2D eigenvalue weighted by Gasteiger charge is -2.23. The number of ketones is 1. The van der Waals surface area contributed by atoms with Gasteiger partial charge in [0.15, 0.2) is 5.78 Å². The van der Waals surface area contributed by atoms with Gasteiger partial charge in [0.05, 0.1) is 0 Å². The number of ether oxygens (including phenoxy) is 1. The molecule has 0 rings (SSSR count). The van der Waals surface area contributed by atoms with Gasteiger partial charge in [-0.3, -0.25) is 4.79 Å². The molecule has 0 aliphatic heterocycles. The minimum Gasteiger partial charge on any atom is -0.382 e. The van der Waals surface area contributed by atoms with E-state index in [0.717, 1.165) is 6.42 Å². The lowest BCUT2D eigenvalue weighted by atomic mass is 9.93. The predicted molar refractivity (Wildman–Crippen MR) is 51.6 cm³/mol. The Morgan fingerprint density at radius 2 is 1.85 bits per heavy atom. The second-order valence-corrected chi connectivity index (χ2v) is 3.21. The second kappa shape index (κ2) is 6.11. The van der Waals surface area contributed by atoms with Crippen molar-refractivity contribution in [3.8, 4) is 0 Å². The highest BCUT2D eigenvalue weighted by atomic mass is 16.5. The first-order valence-electron chi connectivity index (χ1n) is 4.94. The van der Waals surface area contributed by atoms with E-state index in [0.29, 0.717) is 19.4 Å². The third kappa shape index (κ3) is 3.87. The number of aliphatic hydroxyl groups is 1. The molecule has 0 aromatic heterocycles. The predicted octanol–water partition coefficient (Wildman–Crippen LogP) is 1.53. The summed E-state index contributed by atoms with van der Waals surface area (Å²) in [4.78, 5) is 11.4.